The van der Waals surface area contributed by atoms with Crippen molar-refractivity contribution in [2.24, 2.45) is 5.92 Å². The van der Waals surface area contributed by atoms with Gasteiger partial charge in [0.25, 0.3) is 0 Å². The summed E-state index contributed by atoms with van der Waals surface area (Å²) >= 11 is 3.45. The number of benzene rings is 1. The minimum Gasteiger partial charge on any atom is -0.490 e. The molecular formula is C13H14BrN3O. The van der Waals surface area contributed by atoms with Gasteiger partial charge in [-0.05, 0) is 18.2 Å². The smallest absolute Gasteiger partial charge is 0.157 e. The molecule has 3 rings (SSSR count). The minimum atomic E-state index is 0.638. The van der Waals surface area contributed by atoms with E-state index in [0.29, 0.717) is 5.92 Å². The quantitative estimate of drug-likeness (QED) is 0.941. The van der Waals surface area contributed by atoms with E-state index in [-0.39, 0.29) is 0 Å². The average Bonchev–Trinajstić information content (AvgIpc) is 2.76. The molecule has 1 fully saturated rings. The van der Waals surface area contributed by atoms with Gasteiger partial charge < -0.3 is 10.1 Å². The highest BCUT2D eigenvalue weighted by molar-refractivity contribution is 9.10. The molecule has 0 bridgehead atoms. The van der Waals surface area contributed by atoms with Gasteiger partial charge in [-0.25, -0.2) is 4.68 Å². The predicted octanol–water partition coefficient (Wildman–Crippen LogP) is 2.23. The molecule has 0 spiro atoms. The maximum absolute atomic E-state index is 5.71. The number of aromatic nitrogens is 2. The molecule has 1 aliphatic rings. The van der Waals surface area contributed by atoms with E-state index < -0.39 is 0 Å². The lowest BCUT2D eigenvalue weighted by Gasteiger charge is -2.26. The van der Waals surface area contributed by atoms with Crippen molar-refractivity contribution < 1.29 is 4.74 Å². The lowest BCUT2D eigenvalue weighted by Crippen LogP contribution is -2.45. The molecule has 0 saturated carbocycles. The van der Waals surface area contributed by atoms with E-state index >= 15 is 0 Å². The van der Waals surface area contributed by atoms with Crippen molar-refractivity contribution in [1.29, 1.82) is 0 Å². The highest BCUT2D eigenvalue weighted by Crippen LogP contribution is 2.18. The summed E-state index contributed by atoms with van der Waals surface area (Å²) in [5, 5.41) is 7.53. The maximum atomic E-state index is 5.71. The SMILES string of the molecule is Brc1cccc(-n2cc(OCC3CNC3)cn2)c1. The molecule has 0 atom stereocenters. The van der Waals surface area contributed by atoms with E-state index in [1.54, 1.807) is 6.20 Å². The predicted molar refractivity (Wildman–Crippen MR) is 73.1 cm³/mol. The van der Waals surface area contributed by atoms with Crippen LogP contribution in [0.3, 0.4) is 0 Å². The Kier molecular flexibility index (Phi) is 3.34. The van der Waals surface area contributed by atoms with E-state index in [1.807, 2.05) is 35.1 Å². The largest absolute Gasteiger partial charge is 0.490 e. The fourth-order valence-electron chi connectivity index (χ4n) is 1.82. The molecule has 4 nitrogen and oxygen atoms in total. The number of hydrogen-bond acceptors (Lipinski definition) is 3. The van der Waals surface area contributed by atoms with Gasteiger partial charge >= 0.3 is 0 Å². The third kappa shape index (κ3) is 2.57. The summed E-state index contributed by atoms with van der Waals surface area (Å²) in [6, 6.07) is 8.01. The van der Waals surface area contributed by atoms with Gasteiger partial charge in [-0.2, -0.15) is 5.10 Å². The Balaban J connectivity index is 1.68. The fourth-order valence-corrected chi connectivity index (χ4v) is 2.21. The Morgan fingerprint density at radius 1 is 1.44 bits per heavy atom. The Morgan fingerprint density at radius 2 is 2.33 bits per heavy atom. The van der Waals surface area contributed by atoms with Crippen LogP contribution in [0.1, 0.15) is 0 Å². The maximum Gasteiger partial charge on any atom is 0.157 e. The molecule has 1 N–H and O–H groups in total. The summed E-state index contributed by atoms with van der Waals surface area (Å²) in [5.74, 6) is 1.46. The second kappa shape index (κ2) is 5.12. The van der Waals surface area contributed by atoms with Crippen LogP contribution in [0.5, 0.6) is 5.75 Å². The first-order valence-corrected chi connectivity index (χ1v) is 6.75. The Bertz CT molecular complexity index is 537. The fraction of sp³-hybridized carbons (Fsp3) is 0.308. The summed E-state index contributed by atoms with van der Waals surface area (Å²) in [6.45, 7) is 2.87. The van der Waals surface area contributed by atoms with Crippen LogP contribution >= 0.6 is 15.9 Å². The van der Waals surface area contributed by atoms with Crippen molar-refractivity contribution in [1.82, 2.24) is 15.1 Å². The second-order valence-corrected chi connectivity index (χ2v) is 5.35. The Morgan fingerprint density at radius 3 is 3.06 bits per heavy atom. The zero-order valence-electron chi connectivity index (χ0n) is 9.84. The van der Waals surface area contributed by atoms with E-state index in [0.717, 1.165) is 35.6 Å². The molecule has 2 heterocycles. The molecule has 2 aromatic rings. The zero-order chi connectivity index (χ0) is 12.4. The highest BCUT2D eigenvalue weighted by Gasteiger charge is 2.17. The van der Waals surface area contributed by atoms with Crippen molar-refractivity contribution in [2.75, 3.05) is 19.7 Å². The normalized spacial score (nSPS) is 15.4. The van der Waals surface area contributed by atoms with Crippen LogP contribution < -0.4 is 10.1 Å². The van der Waals surface area contributed by atoms with Crippen molar-refractivity contribution >= 4 is 15.9 Å². The van der Waals surface area contributed by atoms with E-state index in [9.17, 15) is 0 Å². The lowest BCUT2D eigenvalue weighted by molar-refractivity contribution is 0.199. The van der Waals surface area contributed by atoms with E-state index in [1.165, 1.54) is 0 Å². The standard InChI is InChI=1S/C13H14BrN3O/c14-11-2-1-3-12(4-11)17-8-13(7-16-17)18-9-10-5-15-6-10/h1-4,7-8,10,15H,5-6,9H2. The monoisotopic (exact) mass is 307 g/mol. The van der Waals surface area contributed by atoms with Gasteiger partial charge in [0.05, 0.1) is 24.7 Å². The third-order valence-electron chi connectivity index (χ3n) is 2.98. The Hall–Kier alpha value is -1.33. The zero-order valence-corrected chi connectivity index (χ0v) is 11.4. The molecule has 0 aliphatic carbocycles. The van der Waals surface area contributed by atoms with Crippen LogP contribution in [-0.2, 0) is 0 Å². The summed E-state index contributed by atoms with van der Waals surface area (Å²) in [6.07, 6.45) is 3.67. The third-order valence-corrected chi connectivity index (χ3v) is 3.48. The van der Waals surface area contributed by atoms with Crippen molar-refractivity contribution in [3.63, 3.8) is 0 Å². The molecule has 1 aromatic carbocycles. The van der Waals surface area contributed by atoms with Crippen molar-refractivity contribution in [3.8, 4) is 11.4 Å². The van der Waals surface area contributed by atoms with Crippen molar-refractivity contribution in [2.45, 2.75) is 0 Å². The van der Waals surface area contributed by atoms with Gasteiger partial charge in [-0.3, -0.25) is 0 Å². The molecule has 18 heavy (non-hydrogen) atoms. The van der Waals surface area contributed by atoms with E-state index in [4.69, 9.17) is 4.74 Å². The first-order chi connectivity index (χ1) is 8.81. The van der Waals surface area contributed by atoms with Crippen LogP contribution in [0.2, 0.25) is 0 Å². The van der Waals surface area contributed by atoms with Gasteiger partial charge in [0.15, 0.2) is 5.75 Å². The first kappa shape index (κ1) is 11.7. The molecule has 1 aromatic heterocycles. The van der Waals surface area contributed by atoms with Crippen LogP contribution in [-0.4, -0.2) is 29.5 Å². The number of hydrogen-bond donors (Lipinski definition) is 1. The molecule has 1 aliphatic heterocycles. The number of halogens is 1. The van der Waals surface area contributed by atoms with Crippen LogP contribution in [0.4, 0.5) is 0 Å². The van der Waals surface area contributed by atoms with Crippen LogP contribution in [0.25, 0.3) is 5.69 Å². The molecule has 1 saturated heterocycles. The number of nitrogens with zero attached hydrogens (tertiary/aromatic N) is 2. The molecule has 0 unspecified atom stereocenters. The van der Waals surface area contributed by atoms with Gasteiger partial charge in [0.2, 0.25) is 0 Å². The summed E-state index contributed by atoms with van der Waals surface area (Å²) in [7, 11) is 0. The second-order valence-electron chi connectivity index (χ2n) is 4.44. The Labute approximate surface area is 114 Å². The average molecular weight is 308 g/mol. The molecule has 0 amide bonds. The van der Waals surface area contributed by atoms with Crippen LogP contribution in [0.15, 0.2) is 41.1 Å². The molecule has 94 valence electrons. The summed E-state index contributed by atoms with van der Waals surface area (Å²) in [5.41, 5.74) is 1.02. The minimum absolute atomic E-state index is 0.638. The highest BCUT2D eigenvalue weighted by atomic mass is 79.9. The van der Waals surface area contributed by atoms with E-state index in [2.05, 4.69) is 26.3 Å². The number of nitrogens with one attached hydrogen (secondary N) is 1. The van der Waals surface area contributed by atoms with Gasteiger partial charge in [0.1, 0.15) is 0 Å². The lowest BCUT2D eigenvalue weighted by atomic mass is 10.1. The molecular weight excluding hydrogens is 294 g/mol. The number of ether oxygens (including phenoxy) is 1. The van der Waals surface area contributed by atoms with Gasteiger partial charge in [0, 0.05) is 23.5 Å². The van der Waals surface area contributed by atoms with Crippen molar-refractivity contribution in [3.05, 3.63) is 41.1 Å². The summed E-state index contributed by atoms with van der Waals surface area (Å²) < 4.78 is 8.57. The van der Waals surface area contributed by atoms with Crippen LogP contribution in [0, 0.1) is 5.92 Å². The molecule has 0 radical (unpaired) electrons. The number of rotatable bonds is 4. The first-order valence-electron chi connectivity index (χ1n) is 5.95. The molecule has 5 heteroatoms. The van der Waals surface area contributed by atoms with Gasteiger partial charge in [-0.15, -0.1) is 0 Å². The van der Waals surface area contributed by atoms with Gasteiger partial charge in [-0.1, -0.05) is 22.0 Å². The topological polar surface area (TPSA) is 39.1 Å². The summed E-state index contributed by atoms with van der Waals surface area (Å²) in [4.78, 5) is 0.